The van der Waals surface area contributed by atoms with Gasteiger partial charge in [-0.15, -0.1) is 0 Å². The molecule has 0 aromatic heterocycles. The van der Waals surface area contributed by atoms with Crippen LogP contribution < -0.4 is 0 Å². The monoisotopic (exact) mass is 306 g/mol. The van der Waals surface area contributed by atoms with Gasteiger partial charge in [0.15, 0.2) is 0 Å². The number of esters is 1. The standard InChI is InChI=1S/C18H26O4/c1-5-15(19)22-13-9-14-18(10-20-18)17(13,4)16(3)7-6-11(2)8-12(16)21-14/h8,12-14H,5-7,9-10H2,1-4H3/t12-,13-,14-,16+,17-,18+/m1/s1. The molecule has 2 aliphatic heterocycles. The number of hydrogen-bond acceptors (Lipinski definition) is 4. The summed E-state index contributed by atoms with van der Waals surface area (Å²) in [5, 5.41) is 0. The van der Waals surface area contributed by atoms with Gasteiger partial charge in [0.1, 0.15) is 11.7 Å². The molecular weight excluding hydrogens is 280 g/mol. The average molecular weight is 306 g/mol. The fourth-order valence-electron chi connectivity index (χ4n) is 5.26. The summed E-state index contributed by atoms with van der Waals surface area (Å²) in [6.45, 7) is 9.35. The lowest BCUT2D eigenvalue weighted by atomic mass is 9.52. The normalized spacial score (nSPS) is 52.2. The lowest BCUT2D eigenvalue weighted by Gasteiger charge is -2.57. The zero-order valence-corrected chi connectivity index (χ0v) is 14.0. The molecule has 4 nitrogen and oxygen atoms in total. The Balaban J connectivity index is 1.77. The van der Waals surface area contributed by atoms with Crippen molar-refractivity contribution < 1.29 is 19.0 Å². The lowest BCUT2D eigenvalue weighted by molar-refractivity contribution is -0.210. The largest absolute Gasteiger partial charge is 0.462 e. The molecular formula is C18H26O4. The highest BCUT2D eigenvalue weighted by Gasteiger charge is 2.81. The molecule has 3 fully saturated rings. The maximum atomic E-state index is 11.9. The summed E-state index contributed by atoms with van der Waals surface area (Å²) in [4.78, 5) is 11.9. The molecule has 2 bridgehead atoms. The molecule has 6 atom stereocenters. The molecule has 0 amide bonds. The summed E-state index contributed by atoms with van der Waals surface area (Å²) in [6.07, 6.45) is 5.67. The van der Waals surface area contributed by atoms with Crippen molar-refractivity contribution in [1.82, 2.24) is 0 Å². The molecule has 0 unspecified atom stereocenters. The van der Waals surface area contributed by atoms with Gasteiger partial charge in [-0.2, -0.15) is 0 Å². The molecule has 4 aliphatic rings. The van der Waals surface area contributed by atoms with Crippen molar-refractivity contribution in [3.63, 3.8) is 0 Å². The molecule has 22 heavy (non-hydrogen) atoms. The topological polar surface area (TPSA) is 48.1 Å². The van der Waals surface area contributed by atoms with E-state index in [4.69, 9.17) is 14.2 Å². The van der Waals surface area contributed by atoms with Crippen molar-refractivity contribution in [2.75, 3.05) is 6.61 Å². The van der Waals surface area contributed by atoms with Crippen LogP contribution in [0, 0.1) is 10.8 Å². The van der Waals surface area contributed by atoms with Gasteiger partial charge in [-0.05, 0) is 19.8 Å². The van der Waals surface area contributed by atoms with Crippen LogP contribution >= 0.6 is 0 Å². The van der Waals surface area contributed by atoms with Gasteiger partial charge in [0, 0.05) is 23.7 Å². The third kappa shape index (κ3) is 1.53. The lowest BCUT2D eigenvalue weighted by Crippen LogP contribution is -2.63. The minimum Gasteiger partial charge on any atom is -0.462 e. The van der Waals surface area contributed by atoms with E-state index < -0.39 is 0 Å². The van der Waals surface area contributed by atoms with Crippen LogP contribution in [0.3, 0.4) is 0 Å². The van der Waals surface area contributed by atoms with Crippen molar-refractivity contribution in [3.05, 3.63) is 11.6 Å². The number of carbonyl (C=O) groups excluding carboxylic acids is 1. The Kier molecular flexibility index (Phi) is 2.91. The fraction of sp³-hybridized carbons (Fsp3) is 0.833. The van der Waals surface area contributed by atoms with Crippen molar-refractivity contribution in [2.24, 2.45) is 10.8 Å². The third-order valence-electron chi connectivity index (χ3n) is 7.09. The second-order valence-electron chi connectivity index (χ2n) is 7.92. The Morgan fingerprint density at radius 1 is 1.45 bits per heavy atom. The maximum Gasteiger partial charge on any atom is 0.305 e. The minimum absolute atomic E-state index is 0.0469. The molecule has 1 spiro atoms. The third-order valence-corrected chi connectivity index (χ3v) is 7.09. The Morgan fingerprint density at radius 3 is 2.82 bits per heavy atom. The molecule has 0 aromatic rings. The molecule has 4 rings (SSSR count). The first kappa shape index (κ1) is 14.7. The van der Waals surface area contributed by atoms with Gasteiger partial charge in [-0.1, -0.05) is 32.4 Å². The Morgan fingerprint density at radius 2 is 2.18 bits per heavy atom. The number of epoxide rings is 1. The van der Waals surface area contributed by atoms with Crippen LogP contribution in [0.4, 0.5) is 0 Å². The second-order valence-corrected chi connectivity index (χ2v) is 7.92. The summed E-state index contributed by atoms with van der Waals surface area (Å²) < 4.78 is 18.3. The van der Waals surface area contributed by atoms with Crippen LogP contribution in [-0.2, 0) is 19.0 Å². The van der Waals surface area contributed by atoms with E-state index in [1.807, 2.05) is 6.92 Å². The van der Waals surface area contributed by atoms with Crippen molar-refractivity contribution >= 4 is 5.97 Å². The number of allylic oxidation sites excluding steroid dienone is 1. The number of rotatable bonds is 2. The number of carbonyl (C=O) groups is 1. The molecule has 0 N–H and O–H groups in total. The molecule has 2 saturated heterocycles. The van der Waals surface area contributed by atoms with E-state index in [1.54, 1.807) is 0 Å². The maximum absolute atomic E-state index is 11.9. The predicted octanol–water partition coefficient (Wildman–Crippen LogP) is 3.00. The van der Waals surface area contributed by atoms with Crippen LogP contribution in [0.25, 0.3) is 0 Å². The summed E-state index contributed by atoms with van der Waals surface area (Å²) in [5.41, 5.74) is 0.945. The molecule has 2 aliphatic carbocycles. The number of ether oxygens (including phenoxy) is 3. The average Bonchev–Trinajstić information content (AvgIpc) is 3.25. The van der Waals surface area contributed by atoms with Gasteiger partial charge in [-0.3, -0.25) is 4.79 Å². The van der Waals surface area contributed by atoms with Crippen molar-refractivity contribution in [2.45, 2.75) is 77.3 Å². The zero-order valence-electron chi connectivity index (χ0n) is 14.0. The Bertz CT molecular complexity index is 549. The Labute approximate surface area is 132 Å². The second kappa shape index (κ2) is 4.35. The van der Waals surface area contributed by atoms with Gasteiger partial charge >= 0.3 is 5.97 Å². The van der Waals surface area contributed by atoms with E-state index in [0.29, 0.717) is 6.42 Å². The van der Waals surface area contributed by atoms with Crippen LogP contribution in [0.1, 0.15) is 53.4 Å². The quantitative estimate of drug-likeness (QED) is 0.447. The molecule has 0 aromatic carbocycles. The van der Waals surface area contributed by atoms with Crippen LogP contribution in [-0.4, -0.2) is 36.5 Å². The Hall–Kier alpha value is -0.870. The van der Waals surface area contributed by atoms with Gasteiger partial charge < -0.3 is 14.2 Å². The highest BCUT2D eigenvalue weighted by molar-refractivity contribution is 5.69. The number of fused-ring (bicyclic) bond motifs is 2. The highest BCUT2D eigenvalue weighted by atomic mass is 16.6. The van der Waals surface area contributed by atoms with Gasteiger partial charge in [0.05, 0.1) is 18.8 Å². The van der Waals surface area contributed by atoms with E-state index in [9.17, 15) is 4.79 Å². The molecule has 0 radical (unpaired) electrons. The zero-order chi connectivity index (χ0) is 15.8. The van der Waals surface area contributed by atoms with E-state index >= 15 is 0 Å². The molecule has 1 saturated carbocycles. The van der Waals surface area contributed by atoms with E-state index in [2.05, 4.69) is 26.8 Å². The SMILES string of the molecule is CCC(=O)O[C@@H]1C[C@H]2O[C@@H]3C=C(C)CC[C@]3(C)[C@]1(C)[C@]21CO1. The summed E-state index contributed by atoms with van der Waals surface area (Å²) in [5.74, 6) is -0.114. The van der Waals surface area contributed by atoms with Crippen molar-refractivity contribution in [1.29, 1.82) is 0 Å². The van der Waals surface area contributed by atoms with Crippen molar-refractivity contribution in [3.8, 4) is 0 Å². The first-order chi connectivity index (χ1) is 10.4. The fourth-order valence-corrected chi connectivity index (χ4v) is 5.26. The van der Waals surface area contributed by atoms with Gasteiger partial charge in [0.2, 0.25) is 0 Å². The number of hydrogen-bond donors (Lipinski definition) is 0. The van der Waals surface area contributed by atoms with E-state index in [-0.39, 0.29) is 40.7 Å². The summed E-state index contributed by atoms with van der Waals surface area (Å²) in [6, 6.07) is 0. The predicted molar refractivity (Wildman–Crippen MR) is 81.3 cm³/mol. The molecule has 4 heteroatoms. The minimum atomic E-state index is -0.240. The molecule has 2 heterocycles. The van der Waals surface area contributed by atoms with E-state index in [1.165, 1.54) is 5.57 Å². The van der Waals surface area contributed by atoms with Gasteiger partial charge in [0.25, 0.3) is 0 Å². The highest BCUT2D eigenvalue weighted by Crippen LogP contribution is 2.71. The molecule has 122 valence electrons. The summed E-state index contributed by atoms with van der Waals surface area (Å²) in [7, 11) is 0. The van der Waals surface area contributed by atoms with Crippen LogP contribution in [0.2, 0.25) is 0 Å². The first-order valence-corrected chi connectivity index (χ1v) is 8.53. The van der Waals surface area contributed by atoms with Crippen LogP contribution in [0.5, 0.6) is 0 Å². The van der Waals surface area contributed by atoms with Gasteiger partial charge in [-0.25, -0.2) is 0 Å². The van der Waals surface area contributed by atoms with Crippen LogP contribution in [0.15, 0.2) is 11.6 Å². The smallest absolute Gasteiger partial charge is 0.305 e. The van der Waals surface area contributed by atoms with E-state index in [0.717, 1.165) is 25.9 Å². The first-order valence-electron chi connectivity index (χ1n) is 8.53. The summed E-state index contributed by atoms with van der Waals surface area (Å²) >= 11 is 0.